The average molecular weight is 322 g/mol. The molecule has 0 bridgehead atoms. The monoisotopic (exact) mass is 322 g/mol. The van der Waals surface area contributed by atoms with E-state index in [1.165, 1.54) is 7.11 Å². The van der Waals surface area contributed by atoms with Crippen molar-refractivity contribution in [2.75, 3.05) is 12.4 Å². The van der Waals surface area contributed by atoms with E-state index in [1.54, 1.807) is 24.3 Å². The molecule has 0 aliphatic heterocycles. The maximum absolute atomic E-state index is 12.4. The SMILES string of the molecule is COC(=O)c1ccccc1NC(=O)Cc1cn(C)c2ccccc12. The molecular formula is C19H18N2O3. The number of aromatic nitrogens is 1. The molecule has 0 spiro atoms. The van der Waals surface area contributed by atoms with Crippen LogP contribution in [0.3, 0.4) is 0 Å². The lowest BCUT2D eigenvalue weighted by molar-refractivity contribution is -0.115. The largest absolute Gasteiger partial charge is 0.465 e. The number of esters is 1. The number of ether oxygens (including phenoxy) is 1. The molecule has 0 aliphatic rings. The van der Waals surface area contributed by atoms with Crippen molar-refractivity contribution in [3.8, 4) is 0 Å². The summed E-state index contributed by atoms with van der Waals surface area (Å²) in [5.41, 5.74) is 2.82. The highest BCUT2D eigenvalue weighted by atomic mass is 16.5. The molecule has 0 aliphatic carbocycles. The average Bonchev–Trinajstić information content (AvgIpc) is 2.91. The van der Waals surface area contributed by atoms with Gasteiger partial charge in [0.15, 0.2) is 0 Å². The summed E-state index contributed by atoms with van der Waals surface area (Å²) in [5.74, 6) is -0.654. The summed E-state index contributed by atoms with van der Waals surface area (Å²) >= 11 is 0. The van der Waals surface area contributed by atoms with E-state index < -0.39 is 5.97 Å². The Hall–Kier alpha value is -3.08. The van der Waals surface area contributed by atoms with E-state index >= 15 is 0 Å². The third kappa shape index (κ3) is 3.01. The Bertz CT molecular complexity index is 912. The highest BCUT2D eigenvalue weighted by Gasteiger charge is 2.15. The molecule has 2 aromatic carbocycles. The zero-order valence-corrected chi connectivity index (χ0v) is 13.6. The van der Waals surface area contributed by atoms with Gasteiger partial charge in [-0.05, 0) is 23.8 Å². The van der Waals surface area contributed by atoms with Gasteiger partial charge < -0.3 is 14.6 Å². The van der Waals surface area contributed by atoms with Crippen LogP contribution in [0, 0.1) is 0 Å². The van der Waals surface area contributed by atoms with Crippen molar-refractivity contribution in [2.24, 2.45) is 7.05 Å². The highest BCUT2D eigenvalue weighted by molar-refractivity contribution is 6.02. The van der Waals surface area contributed by atoms with Crippen LogP contribution in [0.2, 0.25) is 0 Å². The molecule has 1 N–H and O–H groups in total. The number of carbonyl (C=O) groups is 2. The number of para-hydroxylation sites is 2. The summed E-state index contributed by atoms with van der Waals surface area (Å²) < 4.78 is 6.74. The molecule has 0 saturated carbocycles. The molecule has 0 radical (unpaired) electrons. The summed E-state index contributed by atoms with van der Waals surface area (Å²) in [7, 11) is 3.27. The first-order chi connectivity index (χ1) is 11.6. The van der Waals surface area contributed by atoms with Gasteiger partial charge in [-0.2, -0.15) is 0 Å². The van der Waals surface area contributed by atoms with Crippen molar-refractivity contribution < 1.29 is 14.3 Å². The Morgan fingerprint density at radius 1 is 1.08 bits per heavy atom. The van der Waals surface area contributed by atoms with E-state index in [9.17, 15) is 9.59 Å². The van der Waals surface area contributed by atoms with Gasteiger partial charge >= 0.3 is 5.97 Å². The van der Waals surface area contributed by atoms with E-state index in [2.05, 4.69) is 5.32 Å². The van der Waals surface area contributed by atoms with Crippen molar-refractivity contribution in [3.63, 3.8) is 0 Å². The summed E-state index contributed by atoms with van der Waals surface area (Å²) in [6.45, 7) is 0. The number of amides is 1. The molecule has 1 heterocycles. The zero-order valence-electron chi connectivity index (χ0n) is 13.6. The molecule has 0 unspecified atom stereocenters. The maximum Gasteiger partial charge on any atom is 0.339 e. The van der Waals surface area contributed by atoms with Gasteiger partial charge in [-0.25, -0.2) is 4.79 Å². The molecule has 0 fully saturated rings. The quantitative estimate of drug-likeness (QED) is 0.751. The number of nitrogens with one attached hydrogen (secondary N) is 1. The van der Waals surface area contributed by atoms with Crippen LogP contribution in [0.1, 0.15) is 15.9 Å². The van der Waals surface area contributed by atoms with E-state index in [-0.39, 0.29) is 12.3 Å². The number of aryl methyl sites for hydroxylation is 1. The van der Waals surface area contributed by atoms with Crippen LogP contribution in [0.25, 0.3) is 10.9 Å². The number of hydrogen-bond donors (Lipinski definition) is 1. The normalized spacial score (nSPS) is 10.6. The van der Waals surface area contributed by atoms with Crippen molar-refractivity contribution in [1.82, 2.24) is 4.57 Å². The third-order valence-electron chi connectivity index (χ3n) is 3.94. The minimum absolute atomic E-state index is 0.178. The van der Waals surface area contributed by atoms with Crippen LogP contribution in [-0.4, -0.2) is 23.6 Å². The Morgan fingerprint density at radius 3 is 2.58 bits per heavy atom. The van der Waals surface area contributed by atoms with Crippen molar-refractivity contribution in [1.29, 1.82) is 0 Å². The molecular weight excluding hydrogens is 304 g/mol. The fraction of sp³-hybridized carbons (Fsp3) is 0.158. The second-order valence-electron chi connectivity index (χ2n) is 5.54. The van der Waals surface area contributed by atoms with Crippen molar-refractivity contribution in [2.45, 2.75) is 6.42 Å². The Labute approximate surface area is 139 Å². The minimum atomic E-state index is -0.476. The number of rotatable bonds is 4. The Balaban J connectivity index is 1.83. The first-order valence-electron chi connectivity index (χ1n) is 7.60. The molecule has 5 heteroatoms. The predicted octanol–water partition coefficient (Wildman–Crippen LogP) is 3.15. The summed E-state index contributed by atoms with van der Waals surface area (Å²) in [6, 6.07) is 14.7. The van der Waals surface area contributed by atoms with Crippen molar-refractivity contribution >= 4 is 28.5 Å². The first kappa shape index (κ1) is 15.8. The molecule has 1 aromatic heterocycles. The lowest BCUT2D eigenvalue weighted by Crippen LogP contribution is -2.17. The standard InChI is InChI=1S/C19H18N2O3/c1-21-12-13(14-7-4-6-10-17(14)21)11-18(22)20-16-9-5-3-8-15(16)19(23)24-2/h3-10,12H,11H2,1-2H3,(H,20,22). The van der Waals surface area contributed by atoms with Crippen LogP contribution in [0.4, 0.5) is 5.69 Å². The van der Waals surface area contributed by atoms with Gasteiger partial charge in [0.1, 0.15) is 0 Å². The topological polar surface area (TPSA) is 60.3 Å². The molecule has 24 heavy (non-hydrogen) atoms. The van der Waals surface area contributed by atoms with Crippen LogP contribution in [0.15, 0.2) is 54.7 Å². The van der Waals surface area contributed by atoms with E-state index in [0.29, 0.717) is 11.3 Å². The van der Waals surface area contributed by atoms with Crippen LogP contribution in [0.5, 0.6) is 0 Å². The molecule has 0 saturated heterocycles. The van der Waals surface area contributed by atoms with Crippen LogP contribution < -0.4 is 5.32 Å². The number of fused-ring (bicyclic) bond motifs is 1. The van der Waals surface area contributed by atoms with E-state index in [1.807, 2.05) is 42.1 Å². The molecule has 3 rings (SSSR count). The zero-order chi connectivity index (χ0) is 17.1. The Kier molecular flexibility index (Phi) is 4.33. The van der Waals surface area contributed by atoms with Gasteiger partial charge in [0.25, 0.3) is 0 Å². The van der Waals surface area contributed by atoms with Gasteiger partial charge in [-0.1, -0.05) is 30.3 Å². The van der Waals surface area contributed by atoms with E-state index in [4.69, 9.17) is 4.74 Å². The number of carbonyl (C=O) groups excluding carboxylic acids is 2. The number of benzene rings is 2. The van der Waals surface area contributed by atoms with Gasteiger partial charge in [0, 0.05) is 24.1 Å². The van der Waals surface area contributed by atoms with Gasteiger partial charge in [-0.3, -0.25) is 4.79 Å². The summed E-state index contributed by atoms with van der Waals surface area (Å²) in [4.78, 5) is 24.2. The molecule has 1 amide bonds. The van der Waals surface area contributed by atoms with Crippen molar-refractivity contribution in [3.05, 3.63) is 65.9 Å². The van der Waals surface area contributed by atoms with Gasteiger partial charge in [0.2, 0.25) is 5.91 Å². The predicted molar refractivity (Wildman–Crippen MR) is 93.0 cm³/mol. The number of anilines is 1. The molecule has 3 aromatic rings. The van der Waals surface area contributed by atoms with Gasteiger partial charge in [0.05, 0.1) is 24.8 Å². The molecule has 122 valence electrons. The molecule has 0 atom stereocenters. The molecule has 5 nitrogen and oxygen atoms in total. The third-order valence-corrected chi connectivity index (χ3v) is 3.94. The minimum Gasteiger partial charge on any atom is -0.465 e. The summed E-state index contributed by atoms with van der Waals surface area (Å²) in [5, 5.41) is 3.85. The fourth-order valence-electron chi connectivity index (χ4n) is 2.81. The number of hydrogen-bond acceptors (Lipinski definition) is 3. The van der Waals surface area contributed by atoms with Gasteiger partial charge in [-0.15, -0.1) is 0 Å². The Morgan fingerprint density at radius 2 is 1.79 bits per heavy atom. The number of nitrogens with zero attached hydrogens (tertiary/aromatic N) is 1. The maximum atomic E-state index is 12.4. The smallest absolute Gasteiger partial charge is 0.339 e. The fourth-order valence-corrected chi connectivity index (χ4v) is 2.81. The van der Waals surface area contributed by atoms with Crippen LogP contribution >= 0.6 is 0 Å². The lowest BCUT2D eigenvalue weighted by atomic mass is 10.1. The highest BCUT2D eigenvalue weighted by Crippen LogP contribution is 2.22. The summed E-state index contributed by atoms with van der Waals surface area (Å²) in [6.07, 6.45) is 2.19. The van der Waals surface area contributed by atoms with Crippen LogP contribution in [-0.2, 0) is 23.0 Å². The van der Waals surface area contributed by atoms with E-state index in [0.717, 1.165) is 16.5 Å². The number of methoxy groups -OCH3 is 1. The second-order valence-corrected chi connectivity index (χ2v) is 5.54. The lowest BCUT2D eigenvalue weighted by Gasteiger charge is -2.09. The first-order valence-corrected chi connectivity index (χ1v) is 7.60. The second kappa shape index (κ2) is 6.58.